The van der Waals surface area contributed by atoms with Crippen LogP contribution in [-0.2, 0) is 4.79 Å². The lowest BCUT2D eigenvalue weighted by Gasteiger charge is -2.33. The van der Waals surface area contributed by atoms with Gasteiger partial charge in [0.2, 0.25) is 11.9 Å². The molecule has 1 aliphatic heterocycles. The third-order valence-electron chi connectivity index (χ3n) is 9.73. The molecule has 3 aromatic rings. The van der Waals surface area contributed by atoms with E-state index in [1.807, 2.05) is 12.4 Å². The molecule has 0 unspecified atom stereocenters. The molecule has 1 saturated heterocycles. The summed E-state index contributed by atoms with van der Waals surface area (Å²) in [6, 6.07) is 11.9. The van der Waals surface area contributed by atoms with Crippen LogP contribution in [0.2, 0.25) is 0 Å². The molecule has 40 heavy (non-hydrogen) atoms. The highest BCUT2D eigenvalue weighted by atomic mass is 16.2. The Morgan fingerprint density at radius 2 is 1.60 bits per heavy atom. The van der Waals surface area contributed by atoms with Crippen LogP contribution in [0.5, 0.6) is 0 Å². The van der Waals surface area contributed by atoms with Crippen molar-refractivity contribution in [3.05, 3.63) is 42.2 Å². The van der Waals surface area contributed by atoms with E-state index < -0.39 is 0 Å². The van der Waals surface area contributed by atoms with Gasteiger partial charge in [-0.1, -0.05) is 43.2 Å². The van der Waals surface area contributed by atoms with Crippen molar-refractivity contribution in [1.82, 2.24) is 24.4 Å². The summed E-state index contributed by atoms with van der Waals surface area (Å²) >= 11 is 0. The Hall–Kier alpha value is -3.20. The molecule has 4 N–H and O–H groups in total. The molecule has 7 rings (SSSR count). The number of likely N-dealkylation sites (tertiary alicyclic amines) is 1. The number of anilines is 2. The summed E-state index contributed by atoms with van der Waals surface area (Å²) in [5.74, 6) is 2.36. The van der Waals surface area contributed by atoms with E-state index in [1.165, 1.54) is 31.2 Å². The first kappa shape index (κ1) is 25.7. The van der Waals surface area contributed by atoms with Gasteiger partial charge >= 0.3 is 0 Å². The van der Waals surface area contributed by atoms with E-state index in [4.69, 9.17) is 20.7 Å². The number of nitrogens with one attached hydrogen (secondary N) is 2. The molecule has 1 amide bonds. The Morgan fingerprint density at radius 3 is 2.35 bits per heavy atom. The van der Waals surface area contributed by atoms with Gasteiger partial charge < -0.3 is 25.8 Å². The van der Waals surface area contributed by atoms with Crippen molar-refractivity contribution in [3.63, 3.8) is 0 Å². The van der Waals surface area contributed by atoms with Crippen molar-refractivity contribution in [1.29, 1.82) is 0 Å². The van der Waals surface area contributed by atoms with Crippen LogP contribution in [0.1, 0.15) is 88.2 Å². The Labute approximate surface area is 236 Å². The number of imidazole rings is 1. The third kappa shape index (κ3) is 5.28. The van der Waals surface area contributed by atoms with Gasteiger partial charge in [0, 0.05) is 43.2 Å². The molecule has 9 nitrogen and oxygen atoms in total. The SMILES string of the molecule is NC1CCC(Nc2nc(NC3CCN(C(=O)[C@@H]4C[C@H]4c4ccccc4)CC3)c3ncn(C4CCCC4)c3n2)CC1. The fourth-order valence-electron chi connectivity index (χ4n) is 7.19. The zero-order valence-electron chi connectivity index (χ0n) is 23.3. The zero-order chi connectivity index (χ0) is 27.1. The summed E-state index contributed by atoms with van der Waals surface area (Å²) in [6.07, 6.45) is 13.8. The summed E-state index contributed by atoms with van der Waals surface area (Å²) in [5.41, 5.74) is 9.22. The second-order valence-corrected chi connectivity index (χ2v) is 12.5. The van der Waals surface area contributed by atoms with Gasteiger partial charge in [0.15, 0.2) is 17.0 Å². The van der Waals surface area contributed by atoms with Crippen molar-refractivity contribution < 1.29 is 4.79 Å². The van der Waals surface area contributed by atoms with Crippen molar-refractivity contribution in [3.8, 4) is 0 Å². The van der Waals surface area contributed by atoms with Crippen LogP contribution in [0, 0.1) is 5.92 Å². The molecule has 9 heteroatoms. The molecule has 2 aromatic heterocycles. The van der Waals surface area contributed by atoms with Gasteiger partial charge in [-0.3, -0.25) is 4.79 Å². The number of piperidine rings is 1. The lowest BCUT2D eigenvalue weighted by atomic mass is 9.92. The van der Waals surface area contributed by atoms with Crippen molar-refractivity contribution in [2.75, 3.05) is 23.7 Å². The van der Waals surface area contributed by atoms with Crippen LogP contribution in [0.4, 0.5) is 11.8 Å². The van der Waals surface area contributed by atoms with E-state index in [9.17, 15) is 4.79 Å². The first-order valence-electron chi connectivity index (χ1n) is 15.5. The number of carbonyl (C=O) groups is 1. The molecule has 2 atom stereocenters. The van der Waals surface area contributed by atoms with Crippen molar-refractivity contribution in [2.45, 2.75) is 101 Å². The molecule has 1 aromatic carbocycles. The Morgan fingerprint density at radius 1 is 0.875 bits per heavy atom. The number of amides is 1. The lowest BCUT2D eigenvalue weighted by molar-refractivity contribution is -0.133. The Balaban J connectivity index is 1.04. The topological polar surface area (TPSA) is 114 Å². The van der Waals surface area contributed by atoms with E-state index in [1.54, 1.807) is 0 Å². The highest BCUT2D eigenvalue weighted by molar-refractivity contribution is 5.85. The van der Waals surface area contributed by atoms with Crippen LogP contribution in [0.3, 0.4) is 0 Å². The second-order valence-electron chi connectivity index (χ2n) is 12.5. The molecule has 3 aliphatic carbocycles. The first-order valence-corrected chi connectivity index (χ1v) is 15.5. The molecular formula is C31H42N8O. The van der Waals surface area contributed by atoms with E-state index in [-0.39, 0.29) is 12.0 Å². The summed E-state index contributed by atoms with van der Waals surface area (Å²) in [4.78, 5) is 30.1. The fourth-order valence-corrected chi connectivity index (χ4v) is 7.19. The number of rotatable bonds is 7. The summed E-state index contributed by atoms with van der Waals surface area (Å²) in [7, 11) is 0. The minimum absolute atomic E-state index is 0.149. The van der Waals surface area contributed by atoms with Crippen LogP contribution >= 0.6 is 0 Å². The molecule has 0 bridgehead atoms. The fraction of sp³-hybridized carbons (Fsp3) is 0.613. The van der Waals surface area contributed by atoms with Crippen molar-refractivity contribution in [2.24, 2.45) is 11.7 Å². The molecule has 212 valence electrons. The van der Waals surface area contributed by atoms with E-state index in [0.717, 1.165) is 75.0 Å². The van der Waals surface area contributed by atoms with E-state index in [0.29, 0.717) is 35.9 Å². The normalized spacial score (nSPS) is 27.7. The molecule has 4 fully saturated rings. The minimum atomic E-state index is 0.149. The maximum Gasteiger partial charge on any atom is 0.227 e. The number of nitrogens with zero attached hydrogens (tertiary/aromatic N) is 5. The van der Waals surface area contributed by atoms with Gasteiger partial charge in [-0.25, -0.2) is 4.98 Å². The minimum Gasteiger partial charge on any atom is -0.365 e. The van der Waals surface area contributed by atoms with Crippen LogP contribution < -0.4 is 16.4 Å². The number of carbonyl (C=O) groups excluding carboxylic acids is 1. The van der Waals surface area contributed by atoms with E-state index in [2.05, 4.69) is 44.4 Å². The quantitative estimate of drug-likeness (QED) is 0.392. The molecule has 0 spiro atoms. The molecular weight excluding hydrogens is 500 g/mol. The molecule has 0 radical (unpaired) electrons. The van der Waals surface area contributed by atoms with Gasteiger partial charge in [-0.2, -0.15) is 9.97 Å². The average Bonchev–Trinajstić information content (AvgIpc) is 3.37. The molecule has 3 heterocycles. The smallest absolute Gasteiger partial charge is 0.227 e. The maximum absolute atomic E-state index is 13.2. The molecule has 4 aliphatic rings. The van der Waals surface area contributed by atoms with Gasteiger partial charge in [-0.15, -0.1) is 0 Å². The average molecular weight is 543 g/mol. The second kappa shape index (κ2) is 11.0. The van der Waals surface area contributed by atoms with Gasteiger partial charge in [-0.05, 0) is 69.3 Å². The van der Waals surface area contributed by atoms with Crippen LogP contribution in [-0.4, -0.2) is 61.5 Å². The lowest BCUT2D eigenvalue weighted by Crippen LogP contribution is -2.43. The maximum atomic E-state index is 13.2. The number of hydrogen-bond acceptors (Lipinski definition) is 7. The van der Waals surface area contributed by atoms with Crippen LogP contribution in [0.25, 0.3) is 11.2 Å². The zero-order valence-corrected chi connectivity index (χ0v) is 23.3. The van der Waals surface area contributed by atoms with Crippen LogP contribution in [0.15, 0.2) is 36.7 Å². The monoisotopic (exact) mass is 542 g/mol. The number of hydrogen-bond donors (Lipinski definition) is 3. The van der Waals surface area contributed by atoms with Gasteiger partial charge in [0.05, 0.1) is 6.33 Å². The predicted octanol–water partition coefficient (Wildman–Crippen LogP) is 4.83. The van der Waals surface area contributed by atoms with E-state index >= 15 is 0 Å². The van der Waals surface area contributed by atoms with Gasteiger partial charge in [0.1, 0.15) is 0 Å². The summed E-state index contributed by atoms with van der Waals surface area (Å²) in [5, 5.41) is 7.35. The third-order valence-corrected chi connectivity index (χ3v) is 9.73. The standard InChI is InChI=1S/C31H42N8O/c32-21-10-12-22(13-11-21)35-31-36-28(27-29(37-31)39(19-33-27)24-8-4-5-9-24)34-23-14-16-38(17-15-23)30(40)26-18-25(26)20-6-2-1-3-7-20/h1-3,6-7,19,21-26H,4-5,8-18,32H2,(H2,34,35,36,37)/t21?,22?,25-,26+/m0/s1. The Kier molecular flexibility index (Phi) is 7.08. The highest BCUT2D eigenvalue weighted by Gasteiger charge is 2.46. The molecule has 3 saturated carbocycles. The predicted molar refractivity (Wildman–Crippen MR) is 157 cm³/mol. The number of fused-ring (bicyclic) bond motifs is 1. The number of nitrogens with two attached hydrogens (primary N) is 1. The van der Waals surface area contributed by atoms with Crippen molar-refractivity contribution >= 4 is 28.8 Å². The number of aromatic nitrogens is 4. The largest absolute Gasteiger partial charge is 0.365 e. The summed E-state index contributed by atoms with van der Waals surface area (Å²) in [6.45, 7) is 1.57. The highest BCUT2D eigenvalue weighted by Crippen LogP contribution is 2.48. The number of benzene rings is 1. The van der Waals surface area contributed by atoms with Gasteiger partial charge in [0.25, 0.3) is 0 Å². The Bertz CT molecular complexity index is 1320. The summed E-state index contributed by atoms with van der Waals surface area (Å²) < 4.78 is 2.28. The first-order chi connectivity index (χ1) is 19.6.